The molecule has 1 amide bonds. The van der Waals surface area contributed by atoms with Gasteiger partial charge >= 0.3 is 0 Å². The van der Waals surface area contributed by atoms with Gasteiger partial charge in [0.05, 0.1) is 0 Å². The van der Waals surface area contributed by atoms with E-state index >= 15 is 0 Å². The number of H-pyrrole nitrogens is 1. The van der Waals surface area contributed by atoms with Crippen LogP contribution in [0.2, 0.25) is 0 Å². The monoisotopic (exact) mass is 379 g/mol. The molecule has 26 heavy (non-hydrogen) atoms. The summed E-state index contributed by atoms with van der Waals surface area (Å²) in [6.45, 7) is 2.93. The van der Waals surface area contributed by atoms with E-state index in [1.807, 2.05) is 0 Å². The molecule has 1 aliphatic rings. The maximum Gasteiger partial charge on any atom is 0.262 e. The quantitative estimate of drug-likeness (QED) is 0.805. The Morgan fingerprint density at radius 3 is 2.65 bits per heavy atom. The maximum atomic E-state index is 12.8. The van der Waals surface area contributed by atoms with Gasteiger partial charge in [-0.3, -0.25) is 9.59 Å². The van der Waals surface area contributed by atoms with Crippen molar-refractivity contribution in [1.29, 1.82) is 0 Å². The molecule has 2 aromatic heterocycles. The Hall–Kier alpha value is -2.46. The highest BCUT2D eigenvalue weighted by atomic mass is 32.2. The van der Waals surface area contributed by atoms with Crippen LogP contribution < -0.4 is 5.56 Å². The summed E-state index contributed by atoms with van der Waals surface area (Å²) >= 11 is 0. The lowest BCUT2D eigenvalue weighted by molar-refractivity contribution is 0.0764. The Morgan fingerprint density at radius 1 is 1.23 bits per heavy atom. The molecule has 2 aromatic rings. The van der Waals surface area contributed by atoms with E-state index < -0.39 is 10.0 Å². The number of nitrogens with zero attached hydrogens (tertiary/aromatic N) is 4. The summed E-state index contributed by atoms with van der Waals surface area (Å²) < 4.78 is 28.6. The smallest absolute Gasteiger partial charge is 0.262 e. The van der Waals surface area contributed by atoms with Crippen LogP contribution in [0.3, 0.4) is 0 Å². The van der Waals surface area contributed by atoms with Crippen molar-refractivity contribution < 1.29 is 13.2 Å². The van der Waals surface area contributed by atoms with Gasteiger partial charge in [-0.1, -0.05) is 0 Å². The standard InChI is InChI=1S/C16H21N5O4S/c1-12-18-15(11-19(12)2)26(24,25)21-7-3-6-20(8-9-21)16(23)13-4-5-17-14(22)10-13/h4-5,10-11H,3,6-9H2,1-2H3,(H,17,22). The summed E-state index contributed by atoms with van der Waals surface area (Å²) in [5, 5.41) is 0.0202. The molecule has 1 fully saturated rings. The highest BCUT2D eigenvalue weighted by molar-refractivity contribution is 7.89. The van der Waals surface area contributed by atoms with Crippen LogP contribution in [0.15, 0.2) is 34.3 Å². The second-order valence-electron chi connectivity index (χ2n) is 6.23. The molecule has 0 aromatic carbocycles. The van der Waals surface area contributed by atoms with E-state index in [1.54, 1.807) is 29.5 Å². The molecule has 3 rings (SSSR count). The van der Waals surface area contributed by atoms with Gasteiger partial charge in [0.15, 0.2) is 5.03 Å². The number of pyridine rings is 1. The number of aromatic nitrogens is 3. The van der Waals surface area contributed by atoms with Gasteiger partial charge in [0.25, 0.3) is 15.9 Å². The van der Waals surface area contributed by atoms with Crippen LogP contribution in [0.1, 0.15) is 22.6 Å². The number of aryl methyl sites for hydroxylation is 2. The van der Waals surface area contributed by atoms with Crippen molar-refractivity contribution in [3.8, 4) is 0 Å². The van der Waals surface area contributed by atoms with Crippen molar-refractivity contribution in [2.45, 2.75) is 18.4 Å². The summed E-state index contributed by atoms with van der Waals surface area (Å²) in [5.41, 5.74) is -0.0502. The largest absolute Gasteiger partial charge is 0.337 e. The van der Waals surface area contributed by atoms with E-state index in [4.69, 9.17) is 0 Å². The molecule has 0 unspecified atom stereocenters. The molecule has 0 bridgehead atoms. The van der Waals surface area contributed by atoms with E-state index in [2.05, 4.69) is 9.97 Å². The number of sulfonamides is 1. The average molecular weight is 379 g/mol. The van der Waals surface area contributed by atoms with Gasteiger partial charge in [0, 0.05) is 57.3 Å². The summed E-state index contributed by atoms with van der Waals surface area (Å²) in [7, 11) is -1.96. The fraction of sp³-hybridized carbons (Fsp3) is 0.438. The first-order valence-corrected chi connectivity index (χ1v) is 9.71. The highest BCUT2D eigenvalue weighted by Gasteiger charge is 2.30. The SMILES string of the molecule is Cc1nc(S(=O)(=O)N2CCCN(C(=O)c3cc[nH]c(=O)c3)CC2)cn1C. The zero-order chi connectivity index (χ0) is 18.9. The first-order chi connectivity index (χ1) is 12.3. The first-order valence-electron chi connectivity index (χ1n) is 8.27. The number of rotatable bonds is 3. The van der Waals surface area contributed by atoms with Crippen LogP contribution >= 0.6 is 0 Å². The van der Waals surface area contributed by atoms with Crippen LogP contribution in [0, 0.1) is 6.92 Å². The summed E-state index contributed by atoms with van der Waals surface area (Å²) in [5.74, 6) is 0.341. The molecule has 9 nitrogen and oxygen atoms in total. The van der Waals surface area contributed by atoms with Gasteiger partial charge in [-0.25, -0.2) is 13.4 Å². The predicted molar refractivity (Wildman–Crippen MR) is 94.3 cm³/mol. The molecule has 0 radical (unpaired) electrons. The van der Waals surface area contributed by atoms with Crippen molar-refractivity contribution >= 4 is 15.9 Å². The van der Waals surface area contributed by atoms with E-state index in [1.165, 1.54) is 22.8 Å². The Kier molecular flexibility index (Phi) is 4.97. The summed E-state index contributed by atoms with van der Waals surface area (Å²) in [6.07, 6.45) is 3.43. The summed E-state index contributed by atoms with van der Waals surface area (Å²) in [4.78, 5) is 32.1. The lowest BCUT2D eigenvalue weighted by Crippen LogP contribution is -2.37. The molecule has 1 N–H and O–H groups in total. The molecule has 0 spiro atoms. The predicted octanol–water partition coefficient (Wildman–Crippen LogP) is -0.0464. The normalized spacial score (nSPS) is 16.5. The number of carbonyl (C=O) groups is 1. The van der Waals surface area contributed by atoms with Crippen LogP contribution in [0.25, 0.3) is 0 Å². The molecule has 1 aliphatic heterocycles. The van der Waals surface area contributed by atoms with Crippen molar-refractivity contribution in [3.63, 3.8) is 0 Å². The molecular formula is C16H21N5O4S. The number of imidazole rings is 1. The van der Waals surface area contributed by atoms with E-state index in [9.17, 15) is 18.0 Å². The van der Waals surface area contributed by atoms with Gasteiger partial charge in [0.2, 0.25) is 5.56 Å². The first kappa shape index (κ1) is 18.3. The second-order valence-corrected chi connectivity index (χ2v) is 8.11. The zero-order valence-corrected chi connectivity index (χ0v) is 15.5. The van der Waals surface area contributed by atoms with Gasteiger partial charge in [-0.2, -0.15) is 4.31 Å². The fourth-order valence-corrected chi connectivity index (χ4v) is 4.38. The maximum absolute atomic E-state index is 12.8. The number of amides is 1. The van der Waals surface area contributed by atoms with Crippen molar-refractivity contribution in [2.75, 3.05) is 26.2 Å². The molecule has 140 valence electrons. The fourth-order valence-electron chi connectivity index (χ4n) is 2.88. The molecule has 0 atom stereocenters. The second kappa shape index (κ2) is 7.04. The number of aromatic amines is 1. The Morgan fingerprint density at radius 2 is 2.00 bits per heavy atom. The van der Waals surface area contributed by atoms with E-state index in [0.717, 1.165) is 0 Å². The highest BCUT2D eigenvalue weighted by Crippen LogP contribution is 2.17. The van der Waals surface area contributed by atoms with Crippen molar-refractivity contribution in [3.05, 3.63) is 46.3 Å². The number of hydrogen-bond acceptors (Lipinski definition) is 5. The lowest BCUT2D eigenvalue weighted by Gasteiger charge is -2.21. The number of nitrogens with one attached hydrogen (secondary N) is 1. The minimum Gasteiger partial charge on any atom is -0.337 e. The van der Waals surface area contributed by atoms with Crippen LogP contribution in [0.5, 0.6) is 0 Å². The minimum atomic E-state index is -3.70. The molecule has 10 heteroatoms. The van der Waals surface area contributed by atoms with Gasteiger partial charge in [-0.15, -0.1) is 0 Å². The van der Waals surface area contributed by atoms with E-state index in [-0.39, 0.29) is 29.6 Å². The lowest BCUT2D eigenvalue weighted by atomic mass is 10.2. The number of hydrogen-bond donors (Lipinski definition) is 1. The van der Waals surface area contributed by atoms with Gasteiger partial charge in [-0.05, 0) is 19.4 Å². The Bertz CT molecular complexity index is 959. The van der Waals surface area contributed by atoms with Gasteiger partial charge in [0.1, 0.15) is 5.82 Å². The number of carbonyl (C=O) groups excluding carboxylic acids is 1. The average Bonchev–Trinajstić information content (AvgIpc) is 2.82. The third-order valence-electron chi connectivity index (χ3n) is 4.45. The van der Waals surface area contributed by atoms with Gasteiger partial charge < -0.3 is 14.5 Å². The molecule has 0 saturated carbocycles. The zero-order valence-electron chi connectivity index (χ0n) is 14.7. The summed E-state index contributed by atoms with van der Waals surface area (Å²) in [6, 6.07) is 2.79. The third kappa shape index (κ3) is 3.56. The Labute approximate surface area is 151 Å². The topological polar surface area (TPSA) is 108 Å². The van der Waals surface area contributed by atoms with Crippen LogP contribution in [-0.2, 0) is 17.1 Å². The molecule has 3 heterocycles. The van der Waals surface area contributed by atoms with Crippen LogP contribution in [-0.4, -0.2) is 64.2 Å². The van der Waals surface area contributed by atoms with E-state index in [0.29, 0.717) is 30.9 Å². The van der Waals surface area contributed by atoms with Crippen molar-refractivity contribution in [1.82, 2.24) is 23.7 Å². The minimum absolute atomic E-state index is 0.0202. The third-order valence-corrected chi connectivity index (χ3v) is 6.23. The Balaban J connectivity index is 1.75. The molecule has 1 saturated heterocycles. The molecular weight excluding hydrogens is 358 g/mol. The molecule has 0 aliphatic carbocycles. The van der Waals surface area contributed by atoms with Crippen LogP contribution in [0.4, 0.5) is 0 Å². The van der Waals surface area contributed by atoms with Crippen molar-refractivity contribution in [2.24, 2.45) is 7.05 Å².